The number of azide groups is 1. The summed E-state index contributed by atoms with van der Waals surface area (Å²) < 4.78 is 40.2. The monoisotopic (exact) mass is 1530 g/mol. The Labute approximate surface area is 654 Å². The van der Waals surface area contributed by atoms with E-state index in [-0.39, 0.29) is 92.4 Å². The average Bonchev–Trinajstić information content (AvgIpc) is 1.46. The lowest BCUT2D eigenvalue weighted by Gasteiger charge is -2.56. The van der Waals surface area contributed by atoms with Crippen molar-refractivity contribution in [1.82, 2.24) is 0 Å². The fraction of sp³-hybridized carbons (Fsp3) is 0.878. The van der Waals surface area contributed by atoms with E-state index in [2.05, 4.69) is 113 Å². The van der Waals surface area contributed by atoms with E-state index in [0.717, 1.165) is 180 Å². The zero-order chi connectivity index (χ0) is 80.1. The van der Waals surface area contributed by atoms with Crippen LogP contribution in [0.15, 0.2) is 53.7 Å². The molecule has 8 N–H and O–H groups in total. The quantitative estimate of drug-likeness (QED) is 0.0197. The highest BCUT2D eigenvalue weighted by Gasteiger charge is 2.62. The lowest BCUT2D eigenvalue weighted by Crippen LogP contribution is -2.53. The van der Waals surface area contributed by atoms with Crippen molar-refractivity contribution in [1.29, 1.82) is 0 Å². The molecule has 0 aromatic heterocycles. The Hall–Kier alpha value is -3.61. The van der Waals surface area contributed by atoms with Crippen LogP contribution < -0.4 is 11.5 Å². The Morgan fingerprint density at radius 1 is 0.472 bits per heavy atom. The first-order valence-corrected chi connectivity index (χ1v) is 44.9. The SMILES string of the molecule is C=C1CCC2[C@H](O)C([C@@]3(C)CC[C@H](C)C[C@@H]3CCN)CC[C@]12C.C=C1CCC2[C@H](O)C([C@@]3(C)CC[C@H](O)C[C@@H]3CCN)CC[C@]12C.C=C1CCC2[C@H](OC(C)=O)C([C@@]3(C)CC[C@H](C)C[C@@H]3CCN=[N+]=[N-])CC[C@]12C.C=C1CCC2[C@H](OC(C)=O)C([C@@]3(C)CC[C@H](C)C[C@@H]3CCOS(C)(=O)=O)CC[C@]12C.CC(=O)O. The second-order valence-corrected chi connectivity index (χ2v) is 41.6. The van der Waals surface area contributed by atoms with Gasteiger partial charge in [0, 0.05) is 55.9 Å². The van der Waals surface area contributed by atoms with Crippen LogP contribution in [0.4, 0.5) is 0 Å². The average molecular weight is 1530 g/mol. The van der Waals surface area contributed by atoms with Gasteiger partial charge < -0.3 is 41.4 Å². The van der Waals surface area contributed by atoms with Crippen LogP contribution in [0.25, 0.3) is 10.4 Å². The number of nitrogens with two attached hydrogens (primary N) is 2. The van der Waals surface area contributed by atoms with E-state index >= 15 is 0 Å². The van der Waals surface area contributed by atoms with E-state index in [0.29, 0.717) is 95.9 Å². The Balaban J connectivity index is 0.000000179. The van der Waals surface area contributed by atoms with E-state index in [4.69, 9.17) is 40.6 Å². The number of allylic oxidation sites excluding steroid dienone is 4. The fourth-order valence-corrected chi connectivity index (χ4v) is 27.0. The van der Waals surface area contributed by atoms with Gasteiger partial charge in [-0.15, -0.1) is 0 Å². The van der Waals surface area contributed by atoms with Crippen molar-refractivity contribution < 1.29 is 56.9 Å². The van der Waals surface area contributed by atoms with Crippen LogP contribution >= 0.6 is 0 Å². The molecular weight excluding hydrogens is 1380 g/mol. The lowest BCUT2D eigenvalue weighted by atomic mass is 9.51. The molecule has 18 heteroatoms. The van der Waals surface area contributed by atoms with E-state index in [1.807, 2.05) is 0 Å². The van der Waals surface area contributed by atoms with Crippen molar-refractivity contribution in [3.05, 3.63) is 59.1 Å². The number of aliphatic carboxylic acids is 1. The number of aliphatic hydroxyl groups is 3. The van der Waals surface area contributed by atoms with Crippen molar-refractivity contribution in [2.45, 2.75) is 333 Å². The molecule has 12 saturated carbocycles. The number of hydrogen-bond donors (Lipinski definition) is 6. The second kappa shape index (κ2) is 36.5. The topological polar surface area (TPSA) is 295 Å². The standard InChI is InChI=1S/C24H40O5S.C23H37N3O2.C21H37NO.C20H35NO2.C2H4O2/c1-16-9-12-24(5,19(15-16)11-14-28-30(6,26)27)21-10-13-23(4)17(2)7-8-20(23)22(21)29-18(3)25;1-15-8-11-23(5,18(14-15)10-13-25-26-24)20-9-12-22(4)16(2)6-7-19(22)21(20)28-17(3)27;1-14-7-10-21(4,16(13-14)9-12-22)18-8-11-20(3)15(2)5-6-17(20)19(18)23;1-13-4-5-16-18(23)17(7-10-19(13,16)2)20(3)9-6-15(22)12-14(20)8-11-21;1-2(3)4/h16,19-22H,2,7-15H2,1,3-6H3;15,18-21H,2,6-14H2,1,3-5H3;14,16-19,23H,2,5-13,22H2,1,3-4H3;14-18,22-23H,1,4-12,21H2,2-3H3;1H3,(H,3,4)/t16-,19-,20?,21?,22-,23+,24-;15-,18-,19?,20?,21-,22+,23-;14-,16-,17?,18?,19-,20+,21-;14-,15-,16?,17?,18-,19+,20-;/m0000./s1. The van der Waals surface area contributed by atoms with E-state index in [9.17, 15) is 33.3 Å². The van der Waals surface area contributed by atoms with Gasteiger partial charge in [-0.1, -0.05) is 149 Å². The Morgan fingerprint density at radius 3 is 1.12 bits per heavy atom. The number of carbonyl (C=O) groups is 3. The summed E-state index contributed by atoms with van der Waals surface area (Å²) in [5, 5.41) is 43.9. The second-order valence-electron chi connectivity index (χ2n) is 40.0. The van der Waals surface area contributed by atoms with Crippen molar-refractivity contribution in [2.24, 2.45) is 149 Å². The smallest absolute Gasteiger partial charge is 0.302 e. The molecule has 0 bridgehead atoms. The molecule has 12 fully saturated rings. The zero-order valence-electron chi connectivity index (χ0n) is 70.3. The molecule has 0 aromatic carbocycles. The van der Waals surface area contributed by atoms with Crippen molar-refractivity contribution in [3.63, 3.8) is 0 Å². The molecule has 616 valence electrons. The third-order valence-corrected chi connectivity index (χ3v) is 34.6. The molecule has 0 aromatic rings. The van der Waals surface area contributed by atoms with Gasteiger partial charge in [0.25, 0.3) is 16.1 Å². The molecule has 0 heterocycles. The van der Waals surface area contributed by atoms with Gasteiger partial charge in [0.2, 0.25) is 0 Å². The maximum atomic E-state index is 12.1. The van der Waals surface area contributed by atoms with Gasteiger partial charge in [-0.2, -0.15) is 8.42 Å². The van der Waals surface area contributed by atoms with Crippen molar-refractivity contribution in [3.8, 4) is 0 Å². The summed E-state index contributed by atoms with van der Waals surface area (Å²) in [6, 6.07) is 0. The Bertz CT molecular complexity index is 3220. The molecule has 17 nitrogen and oxygen atoms in total. The van der Waals surface area contributed by atoms with Crippen LogP contribution in [-0.2, 0) is 38.2 Å². The number of carboxylic acid groups (broad SMARTS) is 1. The number of fused-ring (bicyclic) bond motifs is 4. The molecular formula is C90H153N5O12S. The molecule has 12 aliphatic carbocycles. The fourth-order valence-electron chi connectivity index (χ4n) is 26.6. The number of hydrogen-bond acceptors (Lipinski definition) is 14. The van der Waals surface area contributed by atoms with Crippen LogP contribution in [0.3, 0.4) is 0 Å². The predicted octanol–water partition coefficient (Wildman–Crippen LogP) is 19.4. The molecule has 0 saturated heterocycles. The van der Waals surface area contributed by atoms with Crippen molar-refractivity contribution >= 4 is 28.0 Å². The number of ether oxygens (including phenoxy) is 2. The van der Waals surface area contributed by atoms with Crippen LogP contribution in [0.5, 0.6) is 0 Å². The normalized spacial score (nSPS) is 44.7. The highest BCUT2D eigenvalue weighted by atomic mass is 32.2. The summed E-state index contributed by atoms with van der Waals surface area (Å²) in [6.07, 6.45) is 35.3. The minimum absolute atomic E-state index is 0.0126. The van der Waals surface area contributed by atoms with Crippen LogP contribution in [0.2, 0.25) is 0 Å². The molecule has 0 aliphatic heterocycles. The minimum atomic E-state index is -3.43. The van der Waals surface area contributed by atoms with Gasteiger partial charge >= 0.3 is 11.9 Å². The Morgan fingerprint density at radius 2 is 0.778 bits per heavy atom. The first kappa shape index (κ1) is 89.9. The summed E-state index contributed by atoms with van der Waals surface area (Å²) in [5.41, 5.74) is 26.9. The minimum Gasteiger partial charge on any atom is -0.481 e. The molecule has 12 aliphatic rings. The molecule has 108 heavy (non-hydrogen) atoms. The number of nitrogens with zero attached hydrogens (tertiary/aromatic N) is 3. The van der Waals surface area contributed by atoms with Gasteiger partial charge in [-0.25, -0.2) is 0 Å². The predicted molar refractivity (Wildman–Crippen MR) is 434 cm³/mol. The first-order valence-electron chi connectivity index (χ1n) is 43.0. The molecule has 8 unspecified atom stereocenters. The third kappa shape index (κ3) is 19.2. The maximum absolute atomic E-state index is 12.1. The third-order valence-electron chi connectivity index (χ3n) is 34.0. The van der Waals surface area contributed by atoms with Gasteiger partial charge in [-0.05, 0) is 313 Å². The Kier molecular flexibility index (Phi) is 30.4. The number of carboxylic acids is 1. The highest BCUT2D eigenvalue weighted by Crippen LogP contribution is 2.67. The first-order chi connectivity index (χ1) is 50.5. The molecule has 0 spiro atoms. The number of esters is 2. The molecule has 0 radical (unpaired) electrons. The van der Waals surface area contributed by atoms with Crippen LogP contribution in [0.1, 0.15) is 302 Å². The number of aliphatic hydroxyl groups excluding tert-OH is 3. The van der Waals surface area contributed by atoms with Gasteiger partial charge in [-0.3, -0.25) is 18.6 Å². The summed E-state index contributed by atoms with van der Waals surface area (Å²) in [4.78, 5) is 36.1. The molecule has 12 rings (SSSR count). The summed E-state index contributed by atoms with van der Waals surface area (Å²) in [5.74, 6) is 5.94. The number of rotatable bonds is 17. The molecule has 0 amide bonds. The maximum Gasteiger partial charge on any atom is 0.302 e. The summed E-state index contributed by atoms with van der Waals surface area (Å²) in [6.45, 7) is 49.7. The highest BCUT2D eigenvalue weighted by molar-refractivity contribution is 7.86. The molecule has 28 atom stereocenters. The summed E-state index contributed by atoms with van der Waals surface area (Å²) >= 11 is 0. The van der Waals surface area contributed by atoms with Gasteiger partial charge in [0.15, 0.2) is 0 Å². The van der Waals surface area contributed by atoms with E-state index in [1.54, 1.807) is 6.92 Å². The van der Waals surface area contributed by atoms with E-state index in [1.165, 1.54) is 80.6 Å². The van der Waals surface area contributed by atoms with Gasteiger partial charge in [0.05, 0.1) is 31.2 Å². The van der Waals surface area contributed by atoms with Crippen LogP contribution in [0, 0.1) is 132 Å². The summed E-state index contributed by atoms with van der Waals surface area (Å²) in [7, 11) is -3.43. The number of carbonyl (C=O) groups excluding carboxylic acids is 2. The van der Waals surface area contributed by atoms with Crippen LogP contribution in [-0.4, -0.2) is 110 Å². The lowest BCUT2D eigenvalue weighted by molar-refractivity contribution is -0.173. The van der Waals surface area contributed by atoms with Gasteiger partial charge in [0.1, 0.15) is 12.2 Å². The van der Waals surface area contributed by atoms with Crippen molar-refractivity contribution in [2.75, 3.05) is 32.5 Å². The van der Waals surface area contributed by atoms with E-state index < -0.39 is 16.1 Å². The zero-order valence-corrected chi connectivity index (χ0v) is 71.1. The largest absolute Gasteiger partial charge is 0.481 e.